The van der Waals surface area contributed by atoms with E-state index in [1.807, 2.05) is 87.4 Å². The zero-order chi connectivity index (χ0) is 20.6. The molecule has 0 aliphatic rings. The second-order valence-corrected chi connectivity index (χ2v) is 8.93. The molecule has 6 nitrogen and oxygen atoms in total. The van der Waals surface area contributed by atoms with E-state index >= 15 is 0 Å². The zero-order valence-corrected chi connectivity index (χ0v) is 20.6. The summed E-state index contributed by atoms with van der Waals surface area (Å²) in [6.07, 6.45) is 0. The van der Waals surface area contributed by atoms with Gasteiger partial charge in [0.05, 0.1) is 12.3 Å². The predicted octanol–water partition coefficient (Wildman–Crippen LogP) is 3.34. The minimum absolute atomic E-state index is 0. The lowest BCUT2D eigenvalue weighted by Crippen LogP contribution is -2.36. The van der Waals surface area contributed by atoms with Gasteiger partial charge < -0.3 is 10.2 Å². The summed E-state index contributed by atoms with van der Waals surface area (Å²) in [5.41, 5.74) is 2.85. The molecule has 0 bridgehead atoms. The molecule has 0 atom stereocenters. The van der Waals surface area contributed by atoms with Crippen LogP contribution >= 0.6 is 24.0 Å². The lowest BCUT2D eigenvalue weighted by molar-refractivity contribution is 0.568. The van der Waals surface area contributed by atoms with E-state index in [1.165, 1.54) is 0 Å². The highest BCUT2D eigenvalue weighted by molar-refractivity contribution is 14.0. The van der Waals surface area contributed by atoms with Crippen molar-refractivity contribution in [2.24, 2.45) is 4.99 Å². The Labute approximate surface area is 191 Å². The summed E-state index contributed by atoms with van der Waals surface area (Å²) >= 11 is 0. The van der Waals surface area contributed by atoms with Crippen molar-refractivity contribution < 1.29 is 8.42 Å². The summed E-state index contributed by atoms with van der Waals surface area (Å²) in [5.74, 6) is 0.711. The van der Waals surface area contributed by atoms with Gasteiger partial charge in [-0.25, -0.2) is 18.1 Å². The van der Waals surface area contributed by atoms with Gasteiger partial charge in [-0.3, -0.25) is 0 Å². The van der Waals surface area contributed by atoms with Crippen LogP contribution < -0.4 is 10.0 Å². The maximum absolute atomic E-state index is 12.3. The van der Waals surface area contributed by atoms with E-state index in [-0.39, 0.29) is 35.8 Å². The molecule has 0 fully saturated rings. The summed E-state index contributed by atoms with van der Waals surface area (Å²) in [7, 11) is 0.485. The van der Waals surface area contributed by atoms with Crippen LogP contribution in [0.25, 0.3) is 0 Å². The van der Waals surface area contributed by atoms with E-state index in [0.29, 0.717) is 13.1 Å². The van der Waals surface area contributed by atoms with Crippen LogP contribution in [-0.4, -0.2) is 39.4 Å². The Morgan fingerprint density at radius 2 is 1.59 bits per heavy atom. The highest BCUT2D eigenvalue weighted by Gasteiger charge is 2.15. The second-order valence-electron chi connectivity index (χ2n) is 7.17. The third kappa shape index (κ3) is 9.14. The van der Waals surface area contributed by atoms with E-state index in [1.54, 1.807) is 0 Å². The number of hydrogen-bond donors (Lipinski definition) is 2. The van der Waals surface area contributed by atoms with Gasteiger partial charge in [-0.1, -0.05) is 54.6 Å². The maximum atomic E-state index is 12.3. The molecule has 0 aliphatic heterocycles. The lowest BCUT2D eigenvalue weighted by atomic mass is 10.1. The van der Waals surface area contributed by atoms with Gasteiger partial charge in [-0.2, -0.15) is 0 Å². The van der Waals surface area contributed by atoms with E-state index in [4.69, 9.17) is 0 Å². The monoisotopic (exact) mass is 530 g/mol. The average molecular weight is 530 g/mol. The summed E-state index contributed by atoms with van der Waals surface area (Å²) < 4.78 is 27.2. The molecular formula is C21H31IN4O2S. The highest BCUT2D eigenvalue weighted by atomic mass is 127. The Bertz CT molecular complexity index is 885. The van der Waals surface area contributed by atoms with Gasteiger partial charge >= 0.3 is 0 Å². The molecule has 0 saturated carbocycles. The van der Waals surface area contributed by atoms with Gasteiger partial charge in [-0.15, -0.1) is 24.0 Å². The minimum Gasteiger partial charge on any atom is -0.352 e. The fourth-order valence-corrected chi connectivity index (χ4v) is 4.25. The van der Waals surface area contributed by atoms with Crippen LogP contribution in [0, 0.1) is 0 Å². The Morgan fingerprint density at radius 1 is 1.00 bits per heavy atom. The summed E-state index contributed by atoms with van der Waals surface area (Å²) in [6.45, 7) is 4.71. The van der Waals surface area contributed by atoms with Crippen molar-refractivity contribution in [3.05, 3.63) is 71.3 Å². The summed E-state index contributed by atoms with van der Waals surface area (Å²) in [5, 5.41) is 3.33. The van der Waals surface area contributed by atoms with E-state index in [2.05, 4.69) is 15.0 Å². The number of benzene rings is 2. The molecule has 0 aliphatic carbocycles. The number of nitrogens with one attached hydrogen (secondary N) is 2. The van der Waals surface area contributed by atoms with Crippen LogP contribution in [-0.2, 0) is 28.9 Å². The van der Waals surface area contributed by atoms with Gasteiger partial charge in [0.1, 0.15) is 0 Å². The molecule has 160 valence electrons. The van der Waals surface area contributed by atoms with Crippen molar-refractivity contribution in [2.45, 2.75) is 38.7 Å². The first-order valence-electron chi connectivity index (χ1n) is 9.33. The molecular weight excluding hydrogens is 499 g/mol. The number of halogens is 1. The molecule has 0 heterocycles. The van der Waals surface area contributed by atoms with Gasteiger partial charge in [0.2, 0.25) is 10.0 Å². The third-order valence-corrected chi connectivity index (χ3v) is 5.52. The number of hydrogen-bond acceptors (Lipinski definition) is 3. The normalized spacial score (nSPS) is 11.8. The first-order chi connectivity index (χ1) is 13.3. The van der Waals surface area contributed by atoms with Crippen molar-refractivity contribution in [3.8, 4) is 0 Å². The molecule has 0 aromatic heterocycles. The van der Waals surface area contributed by atoms with E-state index in [9.17, 15) is 8.42 Å². The molecule has 2 aromatic carbocycles. The first-order valence-corrected chi connectivity index (χ1v) is 11.0. The van der Waals surface area contributed by atoms with Crippen molar-refractivity contribution in [1.29, 1.82) is 0 Å². The second kappa shape index (κ2) is 12.1. The van der Waals surface area contributed by atoms with Crippen molar-refractivity contribution in [3.63, 3.8) is 0 Å². The SMILES string of the molecule is CC(C)NS(=O)(=O)Cc1ccccc1CNC(=NCc1ccccc1)N(C)C.I. The van der Waals surface area contributed by atoms with Gasteiger partial charge in [-0.05, 0) is 30.5 Å². The largest absolute Gasteiger partial charge is 0.352 e. The lowest BCUT2D eigenvalue weighted by Gasteiger charge is -2.19. The Balaban J connectivity index is 0.00000420. The van der Waals surface area contributed by atoms with Gasteiger partial charge in [0.25, 0.3) is 0 Å². The third-order valence-electron chi connectivity index (χ3n) is 3.99. The van der Waals surface area contributed by atoms with Crippen molar-refractivity contribution in [1.82, 2.24) is 14.9 Å². The maximum Gasteiger partial charge on any atom is 0.216 e. The van der Waals surface area contributed by atoms with Crippen LogP contribution in [0.5, 0.6) is 0 Å². The summed E-state index contributed by atoms with van der Waals surface area (Å²) in [4.78, 5) is 6.57. The number of aliphatic imine (C=N–C) groups is 1. The topological polar surface area (TPSA) is 73.8 Å². The Morgan fingerprint density at radius 3 is 2.17 bits per heavy atom. The van der Waals surface area contributed by atoms with Gasteiger partial charge in [0, 0.05) is 26.7 Å². The number of rotatable bonds is 8. The molecule has 0 radical (unpaired) electrons. The smallest absolute Gasteiger partial charge is 0.216 e. The molecule has 0 unspecified atom stereocenters. The minimum atomic E-state index is -3.38. The molecule has 0 amide bonds. The van der Waals surface area contributed by atoms with Crippen molar-refractivity contribution in [2.75, 3.05) is 14.1 Å². The van der Waals surface area contributed by atoms with Crippen molar-refractivity contribution >= 4 is 40.0 Å². The quantitative estimate of drug-likeness (QED) is 0.312. The molecule has 2 aromatic rings. The first kappa shape index (κ1) is 25.4. The summed E-state index contributed by atoms with van der Waals surface area (Å²) in [6, 6.07) is 17.5. The number of sulfonamides is 1. The van der Waals surface area contributed by atoms with Crippen LogP contribution in [0.1, 0.15) is 30.5 Å². The molecule has 0 spiro atoms. The Hall–Kier alpha value is -1.65. The number of nitrogens with zero attached hydrogens (tertiary/aromatic N) is 2. The van der Waals surface area contributed by atoms with Gasteiger partial charge in [0.15, 0.2) is 5.96 Å². The fraction of sp³-hybridized carbons (Fsp3) is 0.381. The highest BCUT2D eigenvalue weighted by Crippen LogP contribution is 2.13. The predicted molar refractivity (Wildman–Crippen MR) is 131 cm³/mol. The molecule has 29 heavy (non-hydrogen) atoms. The Kier molecular flexibility index (Phi) is 10.6. The van der Waals surface area contributed by atoms with E-state index in [0.717, 1.165) is 22.6 Å². The molecule has 8 heteroatoms. The van der Waals surface area contributed by atoms with Crippen LogP contribution in [0.2, 0.25) is 0 Å². The fourth-order valence-electron chi connectivity index (χ4n) is 2.76. The number of guanidine groups is 1. The van der Waals surface area contributed by atoms with E-state index < -0.39 is 10.0 Å². The molecule has 0 saturated heterocycles. The zero-order valence-electron chi connectivity index (χ0n) is 17.4. The molecule has 2 rings (SSSR count). The van der Waals surface area contributed by atoms with Crippen LogP contribution in [0.15, 0.2) is 59.6 Å². The average Bonchev–Trinajstić information content (AvgIpc) is 2.62. The van der Waals surface area contributed by atoms with Crippen LogP contribution in [0.4, 0.5) is 0 Å². The molecule has 2 N–H and O–H groups in total. The standard InChI is InChI=1S/C21H30N4O2S.HI/c1-17(2)24-28(26,27)16-20-13-9-8-12-19(20)15-23-21(25(3)4)22-14-18-10-6-5-7-11-18;/h5-13,17,24H,14-16H2,1-4H3,(H,22,23);1H. The van der Waals surface area contributed by atoms with Crippen LogP contribution in [0.3, 0.4) is 0 Å².